The van der Waals surface area contributed by atoms with Crippen molar-refractivity contribution in [2.24, 2.45) is 0 Å². The number of rotatable bonds is 59. The zero-order valence-corrected chi connectivity index (χ0v) is 53.2. The number of likely N-dealkylation sites (N-methyl/N-ethyl adjacent to an activating group) is 1. The maximum Gasteiger partial charge on any atom is 0.472 e. The average molecular weight is 1130 g/mol. The van der Waals surface area contributed by atoms with Gasteiger partial charge in [-0.15, -0.1) is 0 Å². The van der Waals surface area contributed by atoms with Gasteiger partial charge in [0, 0.05) is 12.8 Å². The first kappa shape index (κ1) is 76.2. The molecule has 0 aliphatic rings. The molecule has 0 bridgehead atoms. The Kier molecular flexibility index (Phi) is 56.3. The lowest BCUT2D eigenvalue weighted by Crippen LogP contribution is -2.47. The van der Waals surface area contributed by atoms with Crippen LogP contribution in [0.4, 0.5) is 0 Å². The summed E-state index contributed by atoms with van der Waals surface area (Å²) in [5, 5.41) is 3.05. The third-order valence-corrected chi connectivity index (χ3v) is 15.3. The molecule has 0 spiro atoms. The van der Waals surface area contributed by atoms with Crippen molar-refractivity contribution < 1.29 is 37.3 Å². The molecular weight excluding hydrogens is 1000 g/mol. The predicted molar refractivity (Wildman–Crippen MR) is 341 cm³/mol. The van der Waals surface area contributed by atoms with Crippen LogP contribution in [0.2, 0.25) is 0 Å². The summed E-state index contributed by atoms with van der Waals surface area (Å²) in [6, 6.07) is -0.860. The van der Waals surface area contributed by atoms with Crippen LogP contribution in [0, 0.1) is 0 Å². The van der Waals surface area contributed by atoms with Crippen molar-refractivity contribution in [2.75, 3.05) is 40.9 Å². The van der Waals surface area contributed by atoms with Gasteiger partial charge in [0.2, 0.25) is 5.91 Å². The van der Waals surface area contributed by atoms with Crippen LogP contribution >= 0.6 is 7.82 Å². The van der Waals surface area contributed by atoms with E-state index in [9.17, 15) is 19.0 Å². The van der Waals surface area contributed by atoms with E-state index in [-0.39, 0.29) is 31.5 Å². The lowest BCUT2D eigenvalue weighted by Gasteiger charge is -2.27. The molecule has 0 aliphatic heterocycles. The summed E-state index contributed by atoms with van der Waals surface area (Å²) in [5.41, 5.74) is 0. The Hall–Kier alpha value is -2.81. The molecule has 0 saturated heterocycles. The lowest BCUT2D eigenvalue weighted by atomic mass is 10.0. The first-order chi connectivity index (χ1) is 38.4. The summed E-state index contributed by atoms with van der Waals surface area (Å²) < 4.78 is 30.7. The zero-order valence-electron chi connectivity index (χ0n) is 52.3. The topological polar surface area (TPSA) is 111 Å². The van der Waals surface area contributed by atoms with Crippen LogP contribution < -0.4 is 5.32 Å². The van der Waals surface area contributed by atoms with Gasteiger partial charge in [-0.2, -0.15) is 0 Å². The van der Waals surface area contributed by atoms with Crippen molar-refractivity contribution in [3.05, 3.63) is 85.1 Å². The number of hydrogen-bond acceptors (Lipinski definition) is 6. The second-order valence-electron chi connectivity index (χ2n) is 23.3. The summed E-state index contributed by atoms with van der Waals surface area (Å²) >= 11 is 0. The number of phosphoric acid groups is 1. The van der Waals surface area contributed by atoms with E-state index >= 15 is 0 Å². The highest BCUT2D eigenvalue weighted by atomic mass is 31.2. The van der Waals surface area contributed by atoms with E-state index in [1.54, 1.807) is 0 Å². The number of unbranched alkanes of at least 4 members (excludes halogenated alkanes) is 31. The largest absolute Gasteiger partial charge is 0.472 e. The Morgan fingerprint density at radius 3 is 1.24 bits per heavy atom. The van der Waals surface area contributed by atoms with E-state index in [1.807, 2.05) is 33.3 Å². The smallest absolute Gasteiger partial charge is 0.456 e. The molecule has 9 nitrogen and oxygen atoms in total. The number of carbonyl (C=O) groups is 2. The predicted octanol–water partition coefficient (Wildman–Crippen LogP) is 20.6. The molecule has 10 heteroatoms. The highest BCUT2D eigenvalue weighted by molar-refractivity contribution is 7.47. The molecule has 0 aromatic carbocycles. The van der Waals surface area contributed by atoms with Crippen LogP contribution in [0.25, 0.3) is 0 Å². The number of ether oxygens (including phenoxy) is 1. The second kappa shape index (κ2) is 58.4. The normalized spacial score (nSPS) is 14.2. The fourth-order valence-electron chi connectivity index (χ4n) is 9.26. The van der Waals surface area contributed by atoms with Crippen LogP contribution in [0.1, 0.15) is 290 Å². The fraction of sp³-hybridized carbons (Fsp3) is 0.768. The van der Waals surface area contributed by atoms with Crippen LogP contribution in [0.5, 0.6) is 0 Å². The molecule has 0 aromatic heterocycles. The zero-order chi connectivity index (χ0) is 57.9. The van der Waals surface area contributed by atoms with Gasteiger partial charge in [0.15, 0.2) is 0 Å². The van der Waals surface area contributed by atoms with Gasteiger partial charge in [-0.1, -0.05) is 260 Å². The number of nitrogens with one attached hydrogen (secondary N) is 1. The van der Waals surface area contributed by atoms with Crippen molar-refractivity contribution >= 4 is 19.7 Å². The Bertz CT molecular complexity index is 1630. The Balaban J connectivity index is 5.09. The second-order valence-corrected chi connectivity index (χ2v) is 24.7. The Morgan fingerprint density at radius 1 is 0.456 bits per heavy atom. The van der Waals surface area contributed by atoms with Crippen LogP contribution in [-0.4, -0.2) is 74.3 Å². The molecular formula is C69H126N2O7P+. The molecule has 458 valence electrons. The van der Waals surface area contributed by atoms with Crippen molar-refractivity contribution in [2.45, 2.75) is 303 Å². The Labute approximate surface area is 488 Å². The van der Waals surface area contributed by atoms with Crippen molar-refractivity contribution in [1.82, 2.24) is 5.32 Å². The Morgan fingerprint density at radius 2 is 0.810 bits per heavy atom. The van der Waals surface area contributed by atoms with Gasteiger partial charge < -0.3 is 19.4 Å². The van der Waals surface area contributed by atoms with Gasteiger partial charge in [0.05, 0.1) is 33.8 Å². The van der Waals surface area contributed by atoms with Crippen molar-refractivity contribution in [3.8, 4) is 0 Å². The monoisotopic (exact) mass is 1130 g/mol. The van der Waals surface area contributed by atoms with E-state index in [1.165, 1.54) is 154 Å². The number of hydrogen-bond donors (Lipinski definition) is 2. The van der Waals surface area contributed by atoms with Crippen LogP contribution in [-0.2, 0) is 27.9 Å². The number of esters is 1. The molecule has 0 aliphatic carbocycles. The molecule has 0 aromatic rings. The van der Waals surface area contributed by atoms with E-state index in [0.29, 0.717) is 17.4 Å². The van der Waals surface area contributed by atoms with E-state index < -0.39 is 20.0 Å². The summed E-state index contributed by atoms with van der Waals surface area (Å²) in [4.78, 5) is 37.7. The van der Waals surface area contributed by atoms with Gasteiger partial charge in [-0.05, 0) is 102 Å². The van der Waals surface area contributed by atoms with E-state index in [4.69, 9.17) is 13.8 Å². The summed E-state index contributed by atoms with van der Waals surface area (Å²) in [5.74, 6) is -0.524. The average Bonchev–Trinajstić information content (AvgIpc) is 3.41. The molecule has 2 N–H and O–H groups in total. The number of phosphoric ester groups is 1. The quantitative estimate of drug-likeness (QED) is 0.0205. The molecule has 0 saturated carbocycles. The maximum atomic E-state index is 13.5. The molecule has 1 amide bonds. The number of quaternary nitrogens is 1. The number of nitrogens with zero attached hydrogens (tertiary/aromatic N) is 1. The van der Waals surface area contributed by atoms with Crippen molar-refractivity contribution in [1.29, 1.82) is 0 Å². The summed E-state index contributed by atoms with van der Waals surface area (Å²) in [6.45, 7) is 6.89. The summed E-state index contributed by atoms with van der Waals surface area (Å²) in [6.07, 6.45) is 77.3. The minimum atomic E-state index is -4.46. The molecule has 0 fully saturated rings. The summed E-state index contributed by atoms with van der Waals surface area (Å²) in [7, 11) is 1.48. The van der Waals surface area contributed by atoms with Crippen LogP contribution in [0.3, 0.4) is 0 Å². The van der Waals surface area contributed by atoms with Crippen LogP contribution in [0.15, 0.2) is 85.1 Å². The van der Waals surface area contributed by atoms with Gasteiger partial charge in [-0.3, -0.25) is 18.6 Å². The molecule has 79 heavy (non-hydrogen) atoms. The fourth-order valence-corrected chi connectivity index (χ4v) is 9.99. The lowest BCUT2D eigenvalue weighted by molar-refractivity contribution is -0.870. The standard InChI is InChI=1S/C69H125N2O7P/c1-7-10-13-16-19-22-25-28-30-31-32-33-34-35-36-37-38-39-40-41-42-44-47-50-53-56-59-62-69(73)78-67(60-57-54-51-48-45-27-24-21-18-15-12-9-3)66(65-77-79(74,75)76-64-63-71(4,5)6)70-68(72)61-58-55-52-49-46-43-29-26-23-20-17-14-11-8-2/h10,13,19,22,28,30,32-33,35-36,43,46,57,60,66-67H,7-9,11-12,14-18,20-21,23-27,29,31,34,37-42,44-45,47-56,58-59,61-65H2,1-6H3,(H-,70,72,74,75)/p+1/b13-10-,22-19-,30-28-,33-32-,36-35-,46-43-,60-57-. The first-order valence-corrected chi connectivity index (χ1v) is 34.4. The molecule has 0 heterocycles. The third kappa shape index (κ3) is 59.6. The van der Waals surface area contributed by atoms with E-state index in [0.717, 1.165) is 103 Å². The minimum absolute atomic E-state index is 0.0350. The highest BCUT2D eigenvalue weighted by Gasteiger charge is 2.30. The number of allylic oxidation sites excluding steroid dienone is 13. The van der Waals surface area contributed by atoms with E-state index in [2.05, 4.69) is 99.0 Å². The molecule has 0 rings (SSSR count). The van der Waals surface area contributed by atoms with Crippen molar-refractivity contribution in [3.63, 3.8) is 0 Å². The molecule has 3 atom stereocenters. The van der Waals surface area contributed by atoms with Gasteiger partial charge in [-0.25, -0.2) is 4.57 Å². The van der Waals surface area contributed by atoms with Gasteiger partial charge >= 0.3 is 13.8 Å². The van der Waals surface area contributed by atoms with Gasteiger partial charge in [0.25, 0.3) is 0 Å². The number of carbonyl (C=O) groups excluding carboxylic acids is 2. The number of amides is 1. The first-order valence-electron chi connectivity index (χ1n) is 32.9. The maximum absolute atomic E-state index is 13.5. The van der Waals surface area contributed by atoms with Gasteiger partial charge in [0.1, 0.15) is 19.3 Å². The highest BCUT2D eigenvalue weighted by Crippen LogP contribution is 2.43. The molecule has 3 unspecified atom stereocenters. The SMILES string of the molecule is CC/C=C\C/C=C\C/C=C\C/C=C\C/C=C\CCCCCCCCCCCCCC(=O)OC(/C=C\CCCCCCCCCCCC)C(COP(=O)(O)OCC[N+](C)(C)C)NC(=O)CCCCC/C=C\CCCCCCCCC. The minimum Gasteiger partial charge on any atom is -0.456 e. The molecule has 0 radical (unpaired) electrons. The third-order valence-electron chi connectivity index (χ3n) is 14.3.